The summed E-state index contributed by atoms with van der Waals surface area (Å²) in [7, 11) is 0. The van der Waals surface area contributed by atoms with Gasteiger partial charge in [-0.25, -0.2) is 4.79 Å². The number of carbonyl (C=O) groups is 1. The van der Waals surface area contributed by atoms with Crippen LogP contribution in [0.15, 0.2) is 42.5 Å². The van der Waals surface area contributed by atoms with Crippen molar-refractivity contribution in [1.29, 1.82) is 0 Å². The average Bonchev–Trinajstić information content (AvgIpc) is 2.81. The Kier molecular flexibility index (Phi) is 22.7. The molecule has 0 atom stereocenters. The van der Waals surface area contributed by atoms with Gasteiger partial charge in [-0.05, 0) is 29.8 Å². The molecule has 0 aromatic heterocycles. The van der Waals surface area contributed by atoms with Crippen molar-refractivity contribution in [2.45, 2.75) is 110 Å². The van der Waals surface area contributed by atoms with Crippen LogP contribution < -0.4 is 5.73 Å². The molecule has 0 aliphatic heterocycles. The molecule has 0 aliphatic carbocycles. The first-order chi connectivity index (χ1) is 15.7. The predicted molar refractivity (Wildman–Crippen MR) is 147 cm³/mol. The van der Waals surface area contributed by atoms with Crippen molar-refractivity contribution in [2.75, 3.05) is 6.54 Å². The monoisotopic (exact) mass is 483 g/mol. The number of hydrogen-bond acceptors (Lipinski definition) is 2. The van der Waals surface area contributed by atoms with Crippen LogP contribution in [0.2, 0.25) is 0 Å². The largest absolute Gasteiger partial charge is 2.00 e. The molecule has 33 heavy (non-hydrogen) atoms. The Balaban J connectivity index is -0.000000564. The number of unbranched alkanes of at least 4 members (excludes halogenated alkanes) is 15. The quantitative estimate of drug-likeness (QED) is 0.175. The van der Waals surface area contributed by atoms with E-state index < -0.39 is 5.97 Å². The van der Waals surface area contributed by atoms with E-state index in [1.165, 1.54) is 103 Å². The average molecular weight is 484 g/mol. The molecule has 184 valence electrons. The van der Waals surface area contributed by atoms with Gasteiger partial charge in [-0.2, -0.15) is 0 Å². The van der Waals surface area contributed by atoms with Crippen LogP contribution in [0, 0.1) is 0 Å². The molecule has 0 aliphatic rings. The van der Waals surface area contributed by atoms with Gasteiger partial charge in [-0.15, -0.1) is 0 Å². The Bertz CT molecular complexity index is 709. The molecule has 4 heteroatoms. The van der Waals surface area contributed by atoms with Crippen molar-refractivity contribution in [2.24, 2.45) is 5.73 Å². The van der Waals surface area contributed by atoms with Gasteiger partial charge in [0, 0.05) is 0 Å². The van der Waals surface area contributed by atoms with E-state index in [9.17, 15) is 4.79 Å². The molecule has 2 aromatic carbocycles. The van der Waals surface area contributed by atoms with Crippen molar-refractivity contribution in [3.05, 3.63) is 48.0 Å². The zero-order valence-corrected chi connectivity index (χ0v) is 23.4. The second-order valence-corrected chi connectivity index (χ2v) is 8.92. The number of carboxylic acids is 1. The van der Waals surface area contributed by atoms with Crippen LogP contribution in [-0.4, -0.2) is 55.4 Å². The SMILES string of the molecule is CCCCCCCCCCCCCCCCCCN.O=C(O)c1cccc2ccccc12.[Ca+2].[H-].[H-]. The number of hydrogen-bond donors (Lipinski definition) is 2. The maximum atomic E-state index is 10.8. The molecule has 2 aromatic rings. The number of carboxylic acid groups (broad SMARTS) is 1. The fourth-order valence-corrected chi connectivity index (χ4v) is 4.10. The summed E-state index contributed by atoms with van der Waals surface area (Å²) in [5.41, 5.74) is 5.84. The maximum Gasteiger partial charge on any atom is 2.00 e. The third kappa shape index (κ3) is 16.6. The van der Waals surface area contributed by atoms with Gasteiger partial charge in [0.25, 0.3) is 0 Å². The van der Waals surface area contributed by atoms with E-state index in [-0.39, 0.29) is 40.6 Å². The van der Waals surface area contributed by atoms with Gasteiger partial charge in [0.05, 0.1) is 5.56 Å². The van der Waals surface area contributed by atoms with E-state index in [2.05, 4.69) is 6.92 Å². The van der Waals surface area contributed by atoms with Crippen LogP contribution in [0.1, 0.15) is 123 Å². The van der Waals surface area contributed by atoms with Crippen LogP contribution in [0.4, 0.5) is 0 Å². The molecule has 0 bridgehead atoms. The van der Waals surface area contributed by atoms with Crippen LogP contribution in [0.3, 0.4) is 0 Å². The molecule has 3 nitrogen and oxygen atoms in total. The van der Waals surface area contributed by atoms with Gasteiger partial charge >= 0.3 is 43.7 Å². The predicted octanol–water partition coefficient (Wildman–Crippen LogP) is 8.59. The van der Waals surface area contributed by atoms with E-state index in [4.69, 9.17) is 10.8 Å². The summed E-state index contributed by atoms with van der Waals surface area (Å²) in [6.45, 7) is 3.16. The van der Waals surface area contributed by atoms with Crippen molar-refractivity contribution in [1.82, 2.24) is 0 Å². The van der Waals surface area contributed by atoms with Gasteiger partial charge in [0.15, 0.2) is 0 Å². The second-order valence-electron chi connectivity index (χ2n) is 8.92. The summed E-state index contributed by atoms with van der Waals surface area (Å²) < 4.78 is 0. The van der Waals surface area contributed by atoms with Crippen LogP contribution in [0.5, 0.6) is 0 Å². The van der Waals surface area contributed by atoms with Crippen molar-refractivity contribution < 1.29 is 12.8 Å². The molecule has 0 fully saturated rings. The first kappa shape index (κ1) is 32.4. The minimum atomic E-state index is -0.878. The molecule has 2 rings (SSSR count). The van der Waals surface area contributed by atoms with Crippen LogP contribution in [-0.2, 0) is 0 Å². The fraction of sp³-hybridized carbons (Fsp3) is 0.621. The van der Waals surface area contributed by atoms with Crippen LogP contribution >= 0.6 is 0 Å². The standard InChI is InChI=1S/C18H39N.C11H8O2.Ca.2H/c1-2-3-4-5-6-7-8-9-10-11-12-13-14-15-16-17-18-19;12-11(13)10-7-3-5-8-4-1-2-6-9(8)10;;;/h2-19H2,1H3;1-7H,(H,12,13);;;/q;;+2;2*-1. The summed E-state index contributed by atoms with van der Waals surface area (Å²) >= 11 is 0. The van der Waals surface area contributed by atoms with Gasteiger partial charge in [0.2, 0.25) is 0 Å². The van der Waals surface area contributed by atoms with Crippen molar-refractivity contribution in [3.8, 4) is 0 Å². The third-order valence-corrected chi connectivity index (χ3v) is 6.08. The summed E-state index contributed by atoms with van der Waals surface area (Å²) in [5.74, 6) is -0.878. The molecule has 0 saturated heterocycles. The molecule has 3 N–H and O–H groups in total. The Hall–Kier alpha value is -0.610. The molecular formula is C29H49CaNO2. The Morgan fingerprint density at radius 1 is 0.697 bits per heavy atom. The summed E-state index contributed by atoms with van der Waals surface area (Å²) in [5, 5.41) is 10.6. The number of fused-ring (bicyclic) bond motifs is 1. The first-order valence-corrected chi connectivity index (χ1v) is 13.1. The maximum absolute atomic E-state index is 10.8. The van der Waals surface area contributed by atoms with Gasteiger partial charge < -0.3 is 13.7 Å². The summed E-state index contributed by atoms with van der Waals surface area (Å²) in [6.07, 6.45) is 22.9. The smallest absolute Gasteiger partial charge is 1.00 e. The fourth-order valence-electron chi connectivity index (χ4n) is 4.10. The van der Waals surface area contributed by atoms with E-state index in [0.717, 1.165) is 17.3 Å². The van der Waals surface area contributed by atoms with Crippen molar-refractivity contribution in [3.63, 3.8) is 0 Å². The second kappa shape index (κ2) is 23.1. The minimum Gasteiger partial charge on any atom is -1.00 e. The summed E-state index contributed by atoms with van der Waals surface area (Å²) in [4.78, 5) is 10.8. The number of benzene rings is 2. The molecular weight excluding hydrogens is 434 g/mol. The topological polar surface area (TPSA) is 63.3 Å². The molecule has 0 spiro atoms. The zero-order chi connectivity index (χ0) is 23.3. The number of aromatic carboxylic acids is 1. The zero-order valence-electron chi connectivity index (χ0n) is 23.2. The van der Waals surface area contributed by atoms with E-state index in [0.29, 0.717) is 5.56 Å². The van der Waals surface area contributed by atoms with Crippen molar-refractivity contribution >= 4 is 54.5 Å². The molecule has 0 amide bonds. The van der Waals surface area contributed by atoms with Gasteiger partial charge in [0.1, 0.15) is 0 Å². The number of nitrogens with two attached hydrogens (primary N) is 1. The first-order valence-electron chi connectivity index (χ1n) is 13.1. The van der Waals surface area contributed by atoms with Gasteiger partial charge in [-0.3, -0.25) is 0 Å². The van der Waals surface area contributed by atoms with E-state index in [1.54, 1.807) is 12.1 Å². The van der Waals surface area contributed by atoms with Crippen LogP contribution in [0.25, 0.3) is 10.8 Å². The normalized spacial score (nSPS) is 10.4. The molecule has 0 radical (unpaired) electrons. The minimum absolute atomic E-state index is 0. The number of rotatable bonds is 17. The Labute approximate surface area is 235 Å². The third-order valence-electron chi connectivity index (χ3n) is 6.08. The van der Waals surface area contributed by atoms with Gasteiger partial charge in [-0.1, -0.05) is 140 Å². The van der Waals surface area contributed by atoms with E-state index in [1.807, 2.05) is 30.3 Å². The Morgan fingerprint density at radius 3 is 1.58 bits per heavy atom. The molecule has 0 unspecified atom stereocenters. The summed E-state index contributed by atoms with van der Waals surface area (Å²) in [6, 6.07) is 12.7. The molecule has 0 saturated carbocycles. The molecule has 0 heterocycles. The van der Waals surface area contributed by atoms with E-state index >= 15 is 0 Å². The Morgan fingerprint density at radius 2 is 1.12 bits per heavy atom.